The lowest BCUT2D eigenvalue weighted by Gasteiger charge is -2.50. The molecule has 2 saturated heterocycles. The predicted octanol–water partition coefficient (Wildman–Crippen LogP) is 3.72. The fourth-order valence-corrected chi connectivity index (χ4v) is 8.12. The second kappa shape index (κ2) is 12.7. The maximum absolute atomic E-state index is 13.8. The number of anilines is 4. The monoisotopic (exact) mass is 664 g/mol. The van der Waals surface area contributed by atoms with Crippen LogP contribution >= 0.6 is 0 Å². The number of hydrogen-bond acceptors (Lipinski definition) is 9. The molecule has 49 heavy (non-hydrogen) atoms. The maximum atomic E-state index is 13.8. The van der Waals surface area contributed by atoms with Crippen molar-refractivity contribution in [3.8, 4) is 11.1 Å². The lowest BCUT2D eigenvalue weighted by Crippen LogP contribution is -2.63. The van der Waals surface area contributed by atoms with Crippen LogP contribution in [0.2, 0.25) is 0 Å². The summed E-state index contributed by atoms with van der Waals surface area (Å²) < 4.78 is 9.28. The van der Waals surface area contributed by atoms with Gasteiger partial charge in [-0.1, -0.05) is 0 Å². The van der Waals surface area contributed by atoms with Crippen LogP contribution in [0.15, 0.2) is 53.7 Å². The number of aryl methyl sites for hydroxylation is 2. The van der Waals surface area contributed by atoms with Crippen molar-refractivity contribution in [2.45, 2.75) is 70.8 Å². The Morgan fingerprint density at radius 2 is 1.84 bits per heavy atom. The first-order valence-corrected chi connectivity index (χ1v) is 17.5. The minimum absolute atomic E-state index is 0.0847. The minimum Gasteiger partial charge on any atom is -0.392 e. The highest BCUT2D eigenvalue weighted by atomic mass is 16.5. The number of amides is 1. The zero-order valence-corrected chi connectivity index (χ0v) is 28.4. The van der Waals surface area contributed by atoms with E-state index < -0.39 is 0 Å². The topological polar surface area (TPSA) is 121 Å². The molecule has 8 rings (SSSR count). The smallest absolute Gasteiger partial charge is 0.274 e. The Morgan fingerprint density at radius 3 is 2.59 bits per heavy atom. The van der Waals surface area contributed by atoms with Gasteiger partial charge >= 0.3 is 0 Å². The van der Waals surface area contributed by atoms with Gasteiger partial charge in [-0.15, -0.1) is 0 Å². The highest BCUT2D eigenvalue weighted by Crippen LogP contribution is 2.35. The van der Waals surface area contributed by atoms with Crippen molar-refractivity contribution in [2.75, 3.05) is 48.0 Å². The van der Waals surface area contributed by atoms with Crippen molar-refractivity contribution in [3.63, 3.8) is 0 Å². The van der Waals surface area contributed by atoms with Gasteiger partial charge in [0.25, 0.3) is 11.5 Å². The van der Waals surface area contributed by atoms with Gasteiger partial charge in [0.05, 0.1) is 43.3 Å². The number of ether oxygens (including phenoxy) is 1. The molecule has 4 aliphatic heterocycles. The van der Waals surface area contributed by atoms with Gasteiger partial charge in [-0.05, 0) is 69.0 Å². The fraction of sp³-hybridized carbons (Fsp3) is 0.459. The van der Waals surface area contributed by atoms with Crippen molar-refractivity contribution >= 4 is 28.9 Å². The second-order valence-electron chi connectivity index (χ2n) is 14.0. The number of pyridine rings is 3. The number of hydrogen-bond donors (Lipinski definition) is 2. The van der Waals surface area contributed by atoms with E-state index in [1.807, 2.05) is 24.4 Å². The molecule has 256 valence electrons. The van der Waals surface area contributed by atoms with E-state index in [0.717, 1.165) is 81.0 Å². The van der Waals surface area contributed by atoms with Crippen LogP contribution in [0.1, 0.15) is 54.0 Å². The molecule has 8 heterocycles. The Kier molecular flexibility index (Phi) is 8.25. The quantitative estimate of drug-likeness (QED) is 0.305. The molecule has 12 heteroatoms. The molecule has 2 N–H and O–H groups in total. The van der Waals surface area contributed by atoms with Crippen LogP contribution in [0.4, 0.5) is 23.0 Å². The van der Waals surface area contributed by atoms with Crippen molar-refractivity contribution in [1.29, 1.82) is 0 Å². The molecule has 0 radical (unpaired) electrons. The average Bonchev–Trinajstić information content (AvgIpc) is 3.47. The highest BCUT2D eigenvalue weighted by Gasteiger charge is 2.37. The third-order valence-corrected chi connectivity index (χ3v) is 10.8. The van der Waals surface area contributed by atoms with E-state index >= 15 is 0 Å². The summed E-state index contributed by atoms with van der Waals surface area (Å²) in [6, 6.07) is 10.9. The molecule has 0 bridgehead atoms. The Labute approximate surface area is 285 Å². The first kappa shape index (κ1) is 31.7. The third-order valence-electron chi connectivity index (χ3n) is 10.8. The van der Waals surface area contributed by atoms with E-state index in [1.165, 1.54) is 10.3 Å². The largest absolute Gasteiger partial charge is 0.392 e. The average molecular weight is 665 g/mol. The van der Waals surface area contributed by atoms with Crippen LogP contribution in [-0.2, 0) is 37.8 Å². The molecule has 1 amide bonds. The summed E-state index contributed by atoms with van der Waals surface area (Å²) in [5.41, 5.74) is 6.25. The third kappa shape index (κ3) is 5.61. The maximum Gasteiger partial charge on any atom is 0.274 e. The van der Waals surface area contributed by atoms with E-state index in [4.69, 9.17) is 9.72 Å². The highest BCUT2D eigenvalue weighted by molar-refractivity contribution is 6.08. The molecule has 1 unspecified atom stereocenters. The summed E-state index contributed by atoms with van der Waals surface area (Å²) in [6.45, 7) is 9.18. The Morgan fingerprint density at radius 1 is 0.980 bits per heavy atom. The van der Waals surface area contributed by atoms with Gasteiger partial charge in [-0.2, -0.15) is 0 Å². The summed E-state index contributed by atoms with van der Waals surface area (Å²) >= 11 is 0. The molecule has 0 saturated carbocycles. The number of rotatable bonds is 7. The van der Waals surface area contributed by atoms with Crippen molar-refractivity contribution in [1.82, 2.24) is 24.0 Å². The summed E-state index contributed by atoms with van der Waals surface area (Å²) in [5, 5.41) is 13.9. The first-order chi connectivity index (χ1) is 23.8. The van der Waals surface area contributed by atoms with Crippen LogP contribution in [-0.4, -0.2) is 86.0 Å². The number of aromatic nitrogens is 4. The standard InChI is InChI=1S/C37H44N8O4/c1-23-18-45(28-21-49-22-28)24(2)17-44(23)27-7-8-34(39-16-27)40-32-14-25(19-41(3)37(32)48)29-9-11-38-35(31(29)20-46)43-13-10-33-30(36(43)47)15-26-6-4-5-12-42(26)33/h7-9,11,14-16,19,23-24,28,46H,4-6,10,12-13,17-18,20-22H2,1-3H3,(H,39,40)/t23-,24?/m0/s1. The molecule has 2 fully saturated rings. The van der Waals surface area contributed by atoms with E-state index in [2.05, 4.69) is 44.6 Å². The van der Waals surface area contributed by atoms with Crippen molar-refractivity contribution < 1.29 is 14.6 Å². The number of piperazine rings is 1. The van der Waals surface area contributed by atoms with Gasteiger partial charge in [-0.3, -0.25) is 19.4 Å². The molecule has 4 aliphatic rings. The summed E-state index contributed by atoms with van der Waals surface area (Å²) in [7, 11) is 1.71. The van der Waals surface area contributed by atoms with Gasteiger partial charge in [0, 0.05) is 86.6 Å². The molecule has 0 aliphatic carbocycles. The van der Waals surface area contributed by atoms with Crippen molar-refractivity contribution in [2.24, 2.45) is 7.05 Å². The van der Waals surface area contributed by atoms with Gasteiger partial charge in [0.2, 0.25) is 0 Å². The number of aliphatic hydroxyl groups excluding tert-OH is 1. The Balaban J connectivity index is 1.04. The number of nitrogens with one attached hydrogen (secondary N) is 1. The zero-order valence-electron chi connectivity index (χ0n) is 28.4. The van der Waals surface area contributed by atoms with Gasteiger partial charge < -0.3 is 29.2 Å². The minimum atomic E-state index is -0.310. The molecule has 4 aromatic rings. The van der Waals surface area contributed by atoms with Crippen LogP contribution in [0.5, 0.6) is 0 Å². The van der Waals surface area contributed by atoms with E-state index in [9.17, 15) is 14.7 Å². The van der Waals surface area contributed by atoms with Crippen LogP contribution in [0.25, 0.3) is 11.1 Å². The fourth-order valence-electron chi connectivity index (χ4n) is 8.12. The number of aliphatic hydroxyl groups is 1. The SMILES string of the molecule is CC1CN(c2ccc(Nc3cc(-c4ccnc(N5CCc6c(cc7n6CCCC7)C5=O)c4CO)cn(C)c3=O)nc2)[C@@H](C)CN1C1COC1. The molecule has 2 atom stereocenters. The van der Waals surface area contributed by atoms with Gasteiger partial charge in [0.1, 0.15) is 17.3 Å². The Hall–Kier alpha value is -4.52. The predicted molar refractivity (Wildman–Crippen MR) is 189 cm³/mol. The summed E-state index contributed by atoms with van der Waals surface area (Å²) in [4.78, 5) is 43.1. The Bertz CT molecular complexity index is 1950. The molecular formula is C37H44N8O4. The molecular weight excluding hydrogens is 620 g/mol. The number of carbonyl (C=O) groups is 1. The first-order valence-electron chi connectivity index (χ1n) is 17.5. The van der Waals surface area contributed by atoms with Crippen LogP contribution in [0.3, 0.4) is 0 Å². The number of nitrogens with zero attached hydrogens (tertiary/aromatic N) is 7. The molecule has 0 aromatic carbocycles. The lowest BCUT2D eigenvalue weighted by atomic mass is 10.0. The van der Waals surface area contributed by atoms with Crippen LogP contribution < -0.4 is 20.7 Å². The summed E-state index contributed by atoms with van der Waals surface area (Å²) in [6.07, 6.45) is 9.28. The second-order valence-corrected chi connectivity index (χ2v) is 14.0. The van der Waals surface area contributed by atoms with E-state index in [1.54, 1.807) is 30.4 Å². The van der Waals surface area contributed by atoms with Gasteiger partial charge in [-0.25, -0.2) is 9.97 Å². The molecule has 0 spiro atoms. The number of fused-ring (bicyclic) bond motifs is 3. The van der Waals surface area contributed by atoms with E-state index in [-0.39, 0.29) is 18.1 Å². The normalized spacial score (nSPS) is 21.3. The molecule has 12 nitrogen and oxygen atoms in total. The lowest BCUT2D eigenvalue weighted by molar-refractivity contribution is -0.0828. The molecule has 4 aromatic heterocycles. The van der Waals surface area contributed by atoms with Crippen LogP contribution in [0, 0.1) is 0 Å². The summed E-state index contributed by atoms with van der Waals surface area (Å²) in [5.74, 6) is 0.927. The zero-order chi connectivity index (χ0) is 33.8. The van der Waals surface area contributed by atoms with Gasteiger partial charge in [0.15, 0.2) is 0 Å². The number of carbonyl (C=O) groups excluding carboxylic acids is 1. The van der Waals surface area contributed by atoms with E-state index in [0.29, 0.717) is 53.1 Å². The van der Waals surface area contributed by atoms with Crippen molar-refractivity contribution in [3.05, 3.63) is 81.8 Å².